The number of aromatic nitrogens is 3. The lowest BCUT2D eigenvalue weighted by Gasteiger charge is -2.08. The van der Waals surface area contributed by atoms with Crippen LogP contribution in [0, 0.1) is 0 Å². The van der Waals surface area contributed by atoms with Crippen molar-refractivity contribution in [3.8, 4) is 11.4 Å². The van der Waals surface area contributed by atoms with Gasteiger partial charge in [0.15, 0.2) is 0 Å². The highest BCUT2D eigenvalue weighted by Gasteiger charge is 2.23. The Morgan fingerprint density at radius 2 is 2.11 bits per heavy atom. The number of aromatic carboxylic acids is 1. The lowest BCUT2D eigenvalue weighted by molar-refractivity contribution is 0.0697. The monoisotopic (exact) mass is 257 g/mol. The fraction of sp³-hybridized carbons (Fsp3) is 0.357. The second-order valence-electron chi connectivity index (χ2n) is 4.83. The van der Waals surface area contributed by atoms with Crippen LogP contribution in [-0.4, -0.2) is 25.8 Å². The van der Waals surface area contributed by atoms with E-state index in [1.54, 1.807) is 29.2 Å². The van der Waals surface area contributed by atoms with Gasteiger partial charge in [-0.15, -0.1) is 0 Å². The van der Waals surface area contributed by atoms with E-state index >= 15 is 0 Å². The molecule has 0 aliphatic heterocycles. The zero-order chi connectivity index (χ0) is 13.2. The Labute approximate surface area is 110 Å². The van der Waals surface area contributed by atoms with Crippen molar-refractivity contribution < 1.29 is 9.90 Å². The predicted octanol–water partition coefficient (Wildman–Crippen LogP) is 2.76. The average molecular weight is 257 g/mol. The molecule has 5 heteroatoms. The third-order valence-corrected chi connectivity index (χ3v) is 3.57. The first kappa shape index (κ1) is 11.9. The fourth-order valence-electron chi connectivity index (χ4n) is 2.60. The maximum absolute atomic E-state index is 11.3. The molecule has 1 aliphatic rings. The van der Waals surface area contributed by atoms with Crippen molar-refractivity contribution in [2.24, 2.45) is 0 Å². The highest BCUT2D eigenvalue weighted by molar-refractivity contribution is 5.94. The first-order valence-corrected chi connectivity index (χ1v) is 6.49. The molecule has 2 heterocycles. The molecule has 98 valence electrons. The molecule has 0 unspecified atom stereocenters. The van der Waals surface area contributed by atoms with E-state index in [2.05, 4.69) is 10.1 Å². The molecule has 1 N–H and O–H groups in total. The van der Waals surface area contributed by atoms with Crippen LogP contribution in [0.3, 0.4) is 0 Å². The van der Waals surface area contributed by atoms with Crippen molar-refractivity contribution in [2.75, 3.05) is 0 Å². The Bertz CT molecular complexity index is 586. The quantitative estimate of drug-likeness (QED) is 0.918. The van der Waals surface area contributed by atoms with Gasteiger partial charge < -0.3 is 5.11 Å². The largest absolute Gasteiger partial charge is 0.478 e. The molecule has 0 aromatic carbocycles. The van der Waals surface area contributed by atoms with E-state index < -0.39 is 5.97 Å². The smallest absolute Gasteiger partial charge is 0.339 e. The number of pyridine rings is 1. The summed E-state index contributed by atoms with van der Waals surface area (Å²) < 4.78 is 1.81. The minimum Gasteiger partial charge on any atom is -0.478 e. The number of hydrogen-bond acceptors (Lipinski definition) is 3. The highest BCUT2D eigenvalue weighted by atomic mass is 16.4. The lowest BCUT2D eigenvalue weighted by atomic mass is 10.2. The Balaban J connectivity index is 2.05. The zero-order valence-electron chi connectivity index (χ0n) is 10.5. The second-order valence-corrected chi connectivity index (χ2v) is 4.83. The molecule has 1 aliphatic carbocycles. The van der Waals surface area contributed by atoms with E-state index in [1.165, 1.54) is 12.8 Å². The van der Waals surface area contributed by atoms with Crippen LogP contribution in [0.25, 0.3) is 11.4 Å². The second kappa shape index (κ2) is 4.84. The van der Waals surface area contributed by atoms with Crippen molar-refractivity contribution in [2.45, 2.75) is 31.7 Å². The van der Waals surface area contributed by atoms with Crippen LogP contribution < -0.4 is 0 Å². The Morgan fingerprint density at radius 3 is 2.74 bits per heavy atom. The molecule has 19 heavy (non-hydrogen) atoms. The van der Waals surface area contributed by atoms with Crippen molar-refractivity contribution in [3.05, 3.63) is 36.2 Å². The van der Waals surface area contributed by atoms with Crippen LogP contribution in [0.2, 0.25) is 0 Å². The van der Waals surface area contributed by atoms with Crippen molar-refractivity contribution in [1.29, 1.82) is 0 Å². The minimum atomic E-state index is -0.954. The van der Waals surface area contributed by atoms with E-state index in [9.17, 15) is 9.90 Å². The van der Waals surface area contributed by atoms with Crippen molar-refractivity contribution >= 4 is 5.97 Å². The van der Waals surface area contributed by atoms with Gasteiger partial charge in [-0.25, -0.2) is 4.79 Å². The lowest BCUT2D eigenvalue weighted by Crippen LogP contribution is -2.05. The third-order valence-electron chi connectivity index (χ3n) is 3.57. The highest BCUT2D eigenvalue weighted by Crippen LogP contribution is 2.31. The number of nitrogens with zero attached hydrogens (tertiary/aromatic N) is 3. The number of carbonyl (C=O) groups is 1. The summed E-state index contributed by atoms with van der Waals surface area (Å²) in [6, 6.07) is 5.75. The van der Waals surface area contributed by atoms with Gasteiger partial charge in [-0.3, -0.25) is 9.67 Å². The zero-order valence-corrected chi connectivity index (χ0v) is 10.5. The average Bonchev–Trinajstić information content (AvgIpc) is 3.08. The summed E-state index contributed by atoms with van der Waals surface area (Å²) in [5, 5.41) is 13.8. The van der Waals surface area contributed by atoms with Gasteiger partial charge in [0.1, 0.15) is 11.3 Å². The van der Waals surface area contributed by atoms with Gasteiger partial charge in [-0.1, -0.05) is 18.9 Å². The summed E-state index contributed by atoms with van der Waals surface area (Å²) in [5.74, 6) is -0.954. The number of carboxylic acid groups (broad SMARTS) is 1. The molecule has 2 aromatic rings. The molecular weight excluding hydrogens is 242 g/mol. The van der Waals surface area contributed by atoms with E-state index in [-0.39, 0.29) is 5.56 Å². The molecule has 5 nitrogen and oxygen atoms in total. The third kappa shape index (κ3) is 2.23. The summed E-state index contributed by atoms with van der Waals surface area (Å²) in [5.41, 5.74) is 1.29. The maximum Gasteiger partial charge on any atom is 0.339 e. The summed E-state index contributed by atoms with van der Waals surface area (Å²) in [7, 11) is 0. The van der Waals surface area contributed by atoms with E-state index in [4.69, 9.17) is 0 Å². The Kier molecular flexibility index (Phi) is 3.03. The van der Waals surface area contributed by atoms with Crippen molar-refractivity contribution in [3.63, 3.8) is 0 Å². The molecule has 1 fully saturated rings. The minimum absolute atomic E-state index is 0.227. The van der Waals surface area contributed by atoms with Gasteiger partial charge in [-0.05, 0) is 25.0 Å². The number of rotatable bonds is 3. The van der Waals surface area contributed by atoms with E-state index in [1.807, 2.05) is 6.07 Å². The Morgan fingerprint density at radius 1 is 1.32 bits per heavy atom. The molecule has 1 saturated carbocycles. The first-order valence-electron chi connectivity index (χ1n) is 6.49. The summed E-state index contributed by atoms with van der Waals surface area (Å²) in [6.45, 7) is 0. The van der Waals surface area contributed by atoms with Crippen LogP contribution in [0.5, 0.6) is 0 Å². The molecule has 0 bridgehead atoms. The molecule has 0 amide bonds. The topological polar surface area (TPSA) is 68.0 Å². The van der Waals surface area contributed by atoms with E-state index in [0.717, 1.165) is 12.8 Å². The normalized spacial score (nSPS) is 15.8. The van der Waals surface area contributed by atoms with Gasteiger partial charge in [0.2, 0.25) is 0 Å². The van der Waals surface area contributed by atoms with Gasteiger partial charge in [0.25, 0.3) is 0 Å². The summed E-state index contributed by atoms with van der Waals surface area (Å²) in [4.78, 5) is 15.5. The summed E-state index contributed by atoms with van der Waals surface area (Å²) in [6.07, 6.45) is 7.81. The standard InChI is InChI=1S/C14H15N3O2/c18-14(19)11-9-17(10-5-1-2-6-10)16-13(11)12-7-3-4-8-15-12/h3-4,7-10H,1-2,5-6H2,(H,18,19). The Hall–Kier alpha value is -2.17. The van der Waals surface area contributed by atoms with Crippen LogP contribution in [0.15, 0.2) is 30.6 Å². The molecular formula is C14H15N3O2. The van der Waals surface area contributed by atoms with Crippen LogP contribution in [0.1, 0.15) is 42.1 Å². The van der Waals surface area contributed by atoms with E-state index in [0.29, 0.717) is 17.4 Å². The van der Waals surface area contributed by atoms with Gasteiger partial charge >= 0.3 is 5.97 Å². The molecule has 2 aromatic heterocycles. The number of hydrogen-bond donors (Lipinski definition) is 1. The van der Waals surface area contributed by atoms with Crippen LogP contribution in [0.4, 0.5) is 0 Å². The van der Waals surface area contributed by atoms with Gasteiger partial charge in [-0.2, -0.15) is 5.10 Å². The van der Waals surface area contributed by atoms with Crippen LogP contribution in [-0.2, 0) is 0 Å². The molecule has 0 radical (unpaired) electrons. The van der Waals surface area contributed by atoms with Gasteiger partial charge in [0, 0.05) is 12.4 Å². The maximum atomic E-state index is 11.3. The molecule has 0 spiro atoms. The van der Waals surface area contributed by atoms with Gasteiger partial charge in [0.05, 0.1) is 11.7 Å². The predicted molar refractivity (Wildman–Crippen MR) is 69.9 cm³/mol. The molecule has 0 atom stereocenters. The first-order chi connectivity index (χ1) is 9.25. The molecule has 3 rings (SSSR count). The van der Waals surface area contributed by atoms with Crippen LogP contribution >= 0.6 is 0 Å². The fourth-order valence-corrected chi connectivity index (χ4v) is 2.60. The molecule has 0 saturated heterocycles. The summed E-state index contributed by atoms with van der Waals surface area (Å²) >= 11 is 0. The number of carboxylic acids is 1. The van der Waals surface area contributed by atoms with Crippen molar-refractivity contribution in [1.82, 2.24) is 14.8 Å². The SMILES string of the molecule is O=C(O)c1cn(C2CCCC2)nc1-c1ccccn1.